The molecule has 198 valence electrons. The number of rotatable bonds is 18. The van der Waals surface area contributed by atoms with Crippen LogP contribution in [0.4, 0.5) is 0 Å². The molecule has 0 aliphatic rings. The molecule has 3 aromatic rings. The maximum Gasteiger partial charge on any atom is 0.135 e. The minimum Gasteiger partial charge on any atom is -0.492 e. The van der Waals surface area contributed by atoms with Crippen molar-refractivity contribution < 1.29 is 9.47 Å². The highest BCUT2D eigenvalue weighted by Crippen LogP contribution is 2.44. The van der Waals surface area contributed by atoms with E-state index >= 15 is 0 Å². The van der Waals surface area contributed by atoms with Crippen LogP contribution in [0, 0.1) is 0 Å². The van der Waals surface area contributed by atoms with E-state index in [2.05, 4.69) is 64.1 Å². The molecule has 0 spiro atoms. The second-order valence-corrected chi connectivity index (χ2v) is 10.4. The summed E-state index contributed by atoms with van der Waals surface area (Å²) >= 11 is 0. The Morgan fingerprint density at radius 3 is 1.22 bits per heavy atom. The van der Waals surface area contributed by atoms with Gasteiger partial charge >= 0.3 is 0 Å². The number of ether oxygens (including phenoxy) is 2. The molecule has 0 atom stereocenters. The Labute approximate surface area is 220 Å². The van der Waals surface area contributed by atoms with Crippen LogP contribution in [0.2, 0.25) is 0 Å². The highest BCUT2D eigenvalue weighted by Gasteiger charge is 2.18. The molecule has 0 aliphatic heterocycles. The van der Waals surface area contributed by atoms with Crippen molar-refractivity contribution in [3.63, 3.8) is 0 Å². The Morgan fingerprint density at radius 1 is 0.444 bits per heavy atom. The molecular weight excluding hydrogens is 440 g/mol. The van der Waals surface area contributed by atoms with E-state index in [-0.39, 0.29) is 0 Å². The fourth-order valence-corrected chi connectivity index (χ4v) is 5.08. The van der Waals surface area contributed by atoms with Crippen molar-refractivity contribution in [2.24, 2.45) is 0 Å². The van der Waals surface area contributed by atoms with Gasteiger partial charge < -0.3 is 9.47 Å². The number of fused-ring (bicyclic) bond motifs is 2. The third kappa shape index (κ3) is 7.89. The number of hydrogen-bond acceptors (Lipinski definition) is 2. The number of aryl methyl sites for hydroxylation is 2. The average Bonchev–Trinajstić information content (AvgIpc) is 2.90. The molecule has 0 saturated carbocycles. The van der Waals surface area contributed by atoms with Crippen molar-refractivity contribution in [1.29, 1.82) is 0 Å². The van der Waals surface area contributed by atoms with Gasteiger partial charge in [-0.15, -0.1) is 0 Å². The van der Waals surface area contributed by atoms with Crippen molar-refractivity contribution in [3.8, 4) is 11.5 Å². The highest BCUT2D eigenvalue weighted by atomic mass is 16.5. The second-order valence-electron chi connectivity index (χ2n) is 10.4. The van der Waals surface area contributed by atoms with Gasteiger partial charge in [-0.05, 0) is 61.8 Å². The molecule has 0 fully saturated rings. The van der Waals surface area contributed by atoms with Crippen molar-refractivity contribution in [2.45, 2.75) is 118 Å². The Morgan fingerprint density at radius 2 is 0.833 bits per heavy atom. The van der Waals surface area contributed by atoms with E-state index in [1.807, 2.05) is 0 Å². The van der Waals surface area contributed by atoms with Gasteiger partial charge in [-0.1, -0.05) is 103 Å². The van der Waals surface area contributed by atoms with Gasteiger partial charge in [0.2, 0.25) is 0 Å². The van der Waals surface area contributed by atoms with Crippen LogP contribution in [0.3, 0.4) is 0 Å². The van der Waals surface area contributed by atoms with E-state index in [4.69, 9.17) is 9.47 Å². The molecular formula is C34H50O2. The van der Waals surface area contributed by atoms with Crippen molar-refractivity contribution in [3.05, 3.63) is 47.5 Å². The largest absolute Gasteiger partial charge is 0.492 e. The smallest absolute Gasteiger partial charge is 0.135 e. The zero-order valence-corrected chi connectivity index (χ0v) is 23.6. The van der Waals surface area contributed by atoms with Crippen molar-refractivity contribution in [2.75, 3.05) is 13.2 Å². The van der Waals surface area contributed by atoms with E-state index in [1.165, 1.54) is 96.9 Å². The fraction of sp³-hybridized carbons (Fsp3) is 0.588. The number of benzene rings is 3. The van der Waals surface area contributed by atoms with Gasteiger partial charge in [-0.3, -0.25) is 0 Å². The molecule has 0 aromatic heterocycles. The quantitative estimate of drug-likeness (QED) is 0.130. The van der Waals surface area contributed by atoms with Crippen LogP contribution in [0.1, 0.15) is 116 Å². The van der Waals surface area contributed by atoms with Gasteiger partial charge in [0.25, 0.3) is 0 Å². The average molecular weight is 491 g/mol. The van der Waals surface area contributed by atoms with Gasteiger partial charge in [-0.25, -0.2) is 0 Å². The van der Waals surface area contributed by atoms with Crippen LogP contribution in [0.5, 0.6) is 11.5 Å². The topological polar surface area (TPSA) is 18.5 Å². The first-order chi connectivity index (χ1) is 17.7. The lowest BCUT2D eigenvalue weighted by molar-refractivity contribution is 0.308. The zero-order valence-electron chi connectivity index (χ0n) is 23.6. The Hall–Kier alpha value is -2.22. The first-order valence-electron chi connectivity index (χ1n) is 15.0. The van der Waals surface area contributed by atoms with Crippen LogP contribution in [0.25, 0.3) is 21.5 Å². The highest BCUT2D eigenvalue weighted by molar-refractivity contribution is 6.11. The number of unbranched alkanes of at least 4 members (excludes halogenated alkanes) is 8. The monoisotopic (exact) mass is 490 g/mol. The minimum absolute atomic E-state index is 0.771. The molecule has 36 heavy (non-hydrogen) atoms. The van der Waals surface area contributed by atoms with Crippen LogP contribution < -0.4 is 9.47 Å². The molecule has 0 unspecified atom stereocenters. The lowest BCUT2D eigenvalue weighted by Gasteiger charge is -2.19. The molecule has 0 bridgehead atoms. The van der Waals surface area contributed by atoms with Gasteiger partial charge in [-0.2, -0.15) is 0 Å². The first-order valence-corrected chi connectivity index (χ1v) is 15.0. The summed E-state index contributed by atoms with van der Waals surface area (Å²) in [5, 5.41) is 4.85. The van der Waals surface area contributed by atoms with E-state index in [1.54, 1.807) is 0 Å². The summed E-state index contributed by atoms with van der Waals surface area (Å²) in [6.45, 7) is 10.6. The normalized spacial score (nSPS) is 11.4. The molecule has 0 N–H and O–H groups in total. The van der Waals surface area contributed by atoms with Crippen LogP contribution in [-0.2, 0) is 12.8 Å². The minimum atomic E-state index is 0.771. The van der Waals surface area contributed by atoms with Crippen molar-refractivity contribution >= 4 is 21.5 Å². The fourth-order valence-electron chi connectivity index (χ4n) is 5.08. The Balaban J connectivity index is 2.11. The summed E-state index contributed by atoms with van der Waals surface area (Å²) in [5.41, 5.74) is 2.81. The standard InChI is InChI=1S/C34H50O2/c1-5-9-13-17-27-19-21-29-31(25-27)33(35-23-15-11-7-3)30-22-20-28(18-14-10-6-2)26-32(30)34(29)36-24-16-12-8-4/h19-22,25-26H,5-18,23-24H2,1-4H3. The third-order valence-corrected chi connectivity index (χ3v) is 7.27. The van der Waals surface area contributed by atoms with E-state index in [9.17, 15) is 0 Å². The lowest BCUT2D eigenvalue weighted by Crippen LogP contribution is -2.03. The zero-order chi connectivity index (χ0) is 25.6. The molecule has 0 amide bonds. The third-order valence-electron chi connectivity index (χ3n) is 7.27. The summed E-state index contributed by atoms with van der Waals surface area (Å²) in [6.07, 6.45) is 16.8. The van der Waals surface area contributed by atoms with E-state index < -0.39 is 0 Å². The summed E-state index contributed by atoms with van der Waals surface area (Å²) in [5.74, 6) is 2.10. The van der Waals surface area contributed by atoms with Crippen LogP contribution in [-0.4, -0.2) is 13.2 Å². The van der Waals surface area contributed by atoms with E-state index in [0.29, 0.717) is 0 Å². The predicted octanol–water partition coefficient (Wildman–Crippen LogP) is 10.6. The Kier molecular flexibility index (Phi) is 12.4. The molecule has 3 aromatic carbocycles. The summed E-state index contributed by atoms with van der Waals surface area (Å²) in [7, 11) is 0. The SMILES string of the molecule is CCCCCOc1c2ccc(CCCCC)cc2c(OCCCCC)c2ccc(CCCCC)cc12. The molecule has 0 aliphatic carbocycles. The first kappa shape index (κ1) is 28.4. The second kappa shape index (κ2) is 15.8. The van der Waals surface area contributed by atoms with E-state index in [0.717, 1.165) is 50.4 Å². The molecule has 0 radical (unpaired) electrons. The summed E-state index contributed by atoms with van der Waals surface area (Å²) in [6, 6.07) is 14.0. The maximum atomic E-state index is 6.60. The van der Waals surface area contributed by atoms with Crippen LogP contribution in [0.15, 0.2) is 36.4 Å². The molecule has 2 nitrogen and oxygen atoms in total. The Bertz CT molecular complexity index is 967. The van der Waals surface area contributed by atoms with Gasteiger partial charge in [0.05, 0.1) is 13.2 Å². The molecule has 0 heterocycles. The van der Waals surface area contributed by atoms with Gasteiger partial charge in [0.15, 0.2) is 0 Å². The maximum absolute atomic E-state index is 6.60. The van der Waals surface area contributed by atoms with Crippen molar-refractivity contribution in [1.82, 2.24) is 0 Å². The van der Waals surface area contributed by atoms with Crippen LogP contribution >= 0.6 is 0 Å². The summed E-state index contributed by atoms with van der Waals surface area (Å²) < 4.78 is 13.2. The molecule has 0 saturated heterocycles. The number of hydrogen-bond donors (Lipinski definition) is 0. The molecule has 3 rings (SSSR count). The van der Waals surface area contributed by atoms with Gasteiger partial charge in [0, 0.05) is 21.5 Å². The predicted molar refractivity (Wildman–Crippen MR) is 158 cm³/mol. The van der Waals surface area contributed by atoms with Gasteiger partial charge in [0.1, 0.15) is 11.5 Å². The summed E-state index contributed by atoms with van der Waals surface area (Å²) in [4.78, 5) is 0. The lowest BCUT2D eigenvalue weighted by atomic mass is 9.95. The molecule has 2 heteroatoms.